The maximum atomic E-state index is 5.44. The van der Waals surface area contributed by atoms with Gasteiger partial charge in [-0.3, -0.25) is 4.84 Å². The topological polar surface area (TPSA) is 44.5 Å². The van der Waals surface area contributed by atoms with Gasteiger partial charge in [0.1, 0.15) is 18.5 Å². The lowest BCUT2D eigenvalue weighted by atomic mass is 10.3. The molecular formula is C10H15NO2. The fraction of sp³-hybridized carbons (Fsp3) is 0.400. The van der Waals surface area contributed by atoms with E-state index in [0.717, 1.165) is 12.2 Å². The molecule has 0 aromatic heterocycles. The number of hydrogen-bond acceptors (Lipinski definition) is 3. The van der Waals surface area contributed by atoms with Gasteiger partial charge in [-0.05, 0) is 18.6 Å². The van der Waals surface area contributed by atoms with Gasteiger partial charge < -0.3 is 4.74 Å². The third-order valence-electron chi connectivity index (χ3n) is 1.83. The molecule has 0 aliphatic heterocycles. The summed E-state index contributed by atoms with van der Waals surface area (Å²) in [6.45, 7) is 2.50. The van der Waals surface area contributed by atoms with Crippen LogP contribution < -0.4 is 10.6 Å². The first kappa shape index (κ1) is 10.0. The molecule has 0 bridgehead atoms. The van der Waals surface area contributed by atoms with Crippen LogP contribution in [0.15, 0.2) is 30.3 Å². The van der Waals surface area contributed by atoms with Gasteiger partial charge in [0.15, 0.2) is 0 Å². The molecule has 0 amide bonds. The van der Waals surface area contributed by atoms with E-state index in [1.165, 1.54) is 0 Å². The highest BCUT2D eigenvalue weighted by molar-refractivity contribution is 5.20. The van der Waals surface area contributed by atoms with Crippen molar-refractivity contribution < 1.29 is 9.57 Å². The van der Waals surface area contributed by atoms with E-state index in [-0.39, 0.29) is 6.10 Å². The summed E-state index contributed by atoms with van der Waals surface area (Å²) in [6.07, 6.45) is 0.823. The Morgan fingerprint density at radius 3 is 2.54 bits per heavy atom. The summed E-state index contributed by atoms with van der Waals surface area (Å²) in [5, 5.41) is 0. The van der Waals surface area contributed by atoms with Crippen LogP contribution in [-0.2, 0) is 4.84 Å². The van der Waals surface area contributed by atoms with Crippen molar-refractivity contribution in [3.05, 3.63) is 30.3 Å². The van der Waals surface area contributed by atoms with Gasteiger partial charge in [-0.25, -0.2) is 5.90 Å². The van der Waals surface area contributed by atoms with Gasteiger partial charge in [-0.1, -0.05) is 25.1 Å². The first-order valence-corrected chi connectivity index (χ1v) is 4.40. The predicted octanol–water partition coefficient (Wildman–Crippen LogP) is 1.73. The minimum absolute atomic E-state index is 0.0276. The molecule has 0 aliphatic carbocycles. The molecule has 13 heavy (non-hydrogen) atoms. The fourth-order valence-electron chi connectivity index (χ4n) is 0.959. The number of benzene rings is 1. The van der Waals surface area contributed by atoms with E-state index in [0.29, 0.717) is 6.61 Å². The van der Waals surface area contributed by atoms with Crippen molar-refractivity contribution >= 4 is 0 Å². The van der Waals surface area contributed by atoms with Crippen LogP contribution in [0.1, 0.15) is 13.3 Å². The zero-order valence-corrected chi connectivity index (χ0v) is 7.77. The minimum Gasteiger partial charge on any atom is -0.491 e. The maximum absolute atomic E-state index is 5.44. The highest BCUT2D eigenvalue weighted by atomic mass is 16.6. The van der Waals surface area contributed by atoms with Gasteiger partial charge in [0, 0.05) is 0 Å². The Kier molecular flexibility index (Phi) is 4.29. The normalized spacial score (nSPS) is 12.5. The average Bonchev–Trinajstić information content (AvgIpc) is 2.21. The third kappa shape index (κ3) is 3.44. The largest absolute Gasteiger partial charge is 0.491 e. The smallest absolute Gasteiger partial charge is 0.119 e. The highest BCUT2D eigenvalue weighted by Crippen LogP contribution is 2.09. The molecule has 1 atom stereocenters. The molecule has 0 radical (unpaired) electrons. The third-order valence-corrected chi connectivity index (χ3v) is 1.83. The molecule has 0 saturated heterocycles. The fourth-order valence-corrected chi connectivity index (χ4v) is 0.959. The van der Waals surface area contributed by atoms with Gasteiger partial charge in [0.2, 0.25) is 0 Å². The molecule has 0 saturated carbocycles. The molecule has 72 valence electrons. The molecule has 2 N–H and O–H groups in total. The van der Waals surface area contributed by atoms with Gasteiger partial charge >= 0.3 is 0 Å². The van der Waals surface area contributed by atoms with Crippen molar-refractivity contribution in [3.8, 4) is 5.75 Å². The molecule has 3 heteroatoms. The number of ether oxygens (including phenoxy) is 1. The van der Waals surface area contributed by atoms with E-state index in [9.17, 15) is 0 Å². The van der Waals surface area contributed by atoms with Crippen LogP contribution in [0.25, 0.3) is 0 Å². The van der Waals surface area contributed by atoms with Crippen molar-refractivity contribution in [2.75, 3.05) is 6.61 Å². The van der Waals surface area contributed by atoms with Crippen LogP contribution >= 0.6 is 0 Å². The van der Waals surface area contributed by atoms with Crippen molar-refractivity contribution in [2.45, 2.75) is 19.4 Å². The van der Waals surface area contributed by atoms with Crippen molar-refractivity contribution in [2.24, 2.45) is 5.90 Å². The van der Waals surface area contributed by atoms with E-state index in [1.54, 1.807) is 0 Å². The van der Waals surface area contributed by atoms with Gasteiger partial charge in [0.25, 0.3) is 0 Å². The molecule has 0 fully saturated rings. The standard InChI is InChI=1S/C10H15NO2/c1-2-9(13-11)8-12-10-6-4-3-5-7-10/h3-7,9H,2,8,11H2,1H3. The Balaban J connectivity index is 2.34. The Morgan fingerprint density at radius 2 is 2.00 bits per heavy atom. The second-order valence-electron chi connectivity index (χ2n) is 2.79. The zero-order valence-electron chi connectivity index (χ0n) is 7.77. The van der Waals surface area contributed by atoms with Crippen LogP contribution in [0.3, 0.4) is 0 Å². The lowest BCUT2D eigenvalue weighted by Gasteiger charge is -2.12. The Hall–Kier alpha value is -1.06. The van der Waals surface area contributed by atoms with Crippen LogP contribution in [0.5, 0.6) is 5.75 Å². The summed E-state index contributed by atoms with van der Waals surface area (Å²) in [5.41, 5.74) is 0. The van der Waals surface area contributed by atoms with Crippen LogP contribution in [-0.4, -0.2) is 12.7 Å². The summed E-state index contributed by atoms with van der Waals surface area (Å²) >= 11 is 0. The molecule has 0 heterocycles. The van der Waals surface area contributed by atoms with Gasteiger partial charge in [-0.2, -0.15) is 0 Å². The summed E-state index contributed by atoms with van der Waals surface area (Å²) < 4.78 is 5.44. The summed E-state index contributed by atoms with van der Waals surface area (Å²) in [5.74, 6) is 5.91. The number of rotatable bonds is 5. The first-order chi connectivity index (χ1) is 6.36. The SMILES string of the molecule is CCC(COc1ccccc1)ON. The Bertz CT molecular complexity index is 222. The minimum atomic E-state index is -0.0276. The van der Waals surface area contributed by atoms with Crippen LogP contribution in [0, 0.1) is 0 Å². The second kappa shape index (κ2) is 5.56. The monoisotopic (exact) mass is 181 g/mol. The molecule has 1 aromatic carbocycles. The number of hydrogen-bond donors (Lipinski definition) is 1. The summed E-state index contributed by atoms with van der Waals surface area (Å²) in [6, 6.07) is 9.62. The molecule has 3 nitrogen and oxygen atoms in total. The lowest BCUT2D eigenvalue weighted by molar-refractivity contribution is 0.0174. The highest BCUT2D eigenvalue weighted by Gasteiger charge is 2.04. The maximum Gasteiger partial charge on any atom is 0.119 e. The summed E-state index contributed by atoms with van der Waals surface area (Å²) in [7, 11) is 0. The van der Waals surface area contributed by atoms with E-state index >= 15 is 0 Å². The van der Waals surface area contributed by atoms with E-state index in [4.69, 9.17) is 15.5 Å². The second-order valence-corrected chi connectivity index (χ2v) is 2.79. The van der Waals surface area contributed by atoms with Crippen molar-refractivity contribution in [1.29, 1.82) is 0 Å². The quantitative estimate of drug-likeness (QED) is 0.703. The van der Waals surface area contributed by atoms with E-state index in [2.05, 4.69) is 0 Å². The first-order valence-electron chi connectivity index (χ1n) is 4.40. The van der Waals surface area contributed by atoms with E-state index in [1.807, 2.05) is 37.3 Å². The molecule has 0 aliphatic rings. The zero-order chi connectivity index (χ0) is 9.52. The Labute approximate surface area is 78.4 Å². The Morgan fingerprint density at radius 1 is 1.31 bits per heavy atom. The lowest BCUT2D eigenvalue weighted by Crippen LogP contribution is -2.23. The molecule has 1 aromatic rings. The average molecular weight is 181 g/mol. The molecule has 1 rings (SSSR count). The predicted molar refractivity (Wildman–Crippen MR) is 51.3 cm³/mol. The van der Waals surface area contributed by atoms with Crippen LogP contribution in [0.4, 0.5) is 0 Å². The van der Waals surface area contributed by atoms with Crippen LogP contribution in [0.2, 0.25) is 0 Å². The van der Waals surface area contributed by atoms with Gasteiger partial charge in [-0.15, -0.1) is 0 Å². The van der Waals surface area contributed by atoms with Crippen molar-refractivity contribution in [3.63, 3.8) is 0 Å². The van der Waals surface area contributed by atoms with E-state index < -0.39 is 0 Å². The van der Waals surface area contributed by atoms with Crippen molar-refractivity contribution in [1.82, 2.24) is 0 Å². The molecular weight excluding hydrogens is 166 g/mol. The number of para-hydroxylation sites is 1. The molecule has 0 spiro atoms. The molecule has 1 unspecified atom stereocenters. The van der Waals surface area contributed by atoms with Gasteiger partial charge in [0.05, 0.1) is 0 Å². The number of nitrogens with two attached hydrogens (primary N) is 1. The summed E-state index contributed by atoms with van der Waals surface area (Å²) in [4.78, 5) is 4.70.